The number of aryl methyl sites for hydroxylation is 2. The zero-order valence-corrected chi connectivity index (χ0v) is 37.0. The second-order valence-electron chi connectivity index (χ2n) is 19.5. The van der Waals surface area contributed by atoms with Crippen LogP contribution in [0.3, 0.4) is 0 Å². The molecule has 0 N–H and O–H groups in total. The lowest BCUT2D eigenvalue weighted by Gasteiger charge is -2.53. The van der Waals surface area contributed by atoms with E-state index >= 15 is 0 Å². The first-order chi connectivity index (χ1) is 30.9. The zero-order chi connectivity index (χ0) is 42.2. The Balaban J connectivity index is 1.23. The summed E-state index contributed by atoms with van der Waals surface area (Å²) in [6.07, 6.45) is 11.7. The summed E-state index contributed by atoms with van der Waals surface area (Å²) >= 11 is 0. The van der Waals surface area contributed by atoms with Gasteiger partial charge >= 0.3 is 6.85 Å². The smallest absolute Gasteiger partial charge is 0.333 e. The Morgan fingerprint density at radius 2 is 1.25 bits per heavy atom. The molecule has 2 aromatic heterocycles. The van der Waals surface area contributed by atoms with Gasteiger partial charge in [-0.25, -0.2) is 0 Å². The van der Waals surface area contributed by atoms with Gasteiger partial charge in [0.2, 0.25) is 0 Å². The molecule has 7 aromatic carbocycles. The molecule has 2 unspecified atom stereocenters. The fraction of sp³-hybridized carbons (Fsp3) is 0.276. The van der Waals surface area contributed by atoms with Gasteiger partial charge in [0.05, 0.1) is 11.1 Å². The molecule has 1 aliphatic carbocycles. The first kappa shape index (κ1) is 37.4. The van der Waals surface area contributed by atoms with Crippen molar-refractivity contribution in [1.29, 1.82) is 0 Å². The van der Waals surface area contributed by atoms with Crippen LogP contribution in [-0.4, -0.2) is 12.4 Å². The van der Waals surface area contributed by atoms with Gasteiger partial charge in [-0.05, 0) is 121 Å². The van der Waals surface area contributed by atoms with Crippen molar-refractivity contribution in [1.82, 2.24) is 0 Å². The van der Waals surface area contributed by atoms with E-state index < -0.39 is 0 Å². The van der Waals surface area contributed by atoms with Crippen LogP contribution in [0.2, 0.25) is 0 Å². The highest BCUT2D eigenvalue weighted by Gasteiger charge is 2.62. The maximum Gasteiger partial charge on any atom is 0.333 e. The standard InChI is InChI=1S/C58H53BN2O2/c1-5-7-18-36-26-28-46(42(32-36)38-20-10-9-11-21-38)61-47-29-27-41-39-22-12-14-24-49(39)62-55(41)51(47)52-53-48(35-43-40-23-13-15-25-50(40)63-56(43)52)60-54-44(57(3)30-16-17-31-58(57,60)4)33-37(19-8-6-2)34-45(54)59(53)61/h9-15,20-29,32-35H,5-8,16-19,30-31H2,1-4H3. The van der Waals surface area contributed by atoms with Crippen molar-refractivity contribution in [2.75, 3.05) is 9.71 Å². The summed E-state index contributed by atoms with van der Waals surface area (Å²) in [6.45, 7) is 9.71. The second kappa shape index (κ2) is 13.7. The van der Waals surface area contributed by atoms with E-state index in [4.69, 9.17) is 8.83 Å². The van der Waals surface area contributed by atoms with Gasteiger partial charge in [-0.3, -0.25) is 0 Å². The topological polar surface area (TPSA) is 32.8 Å². The van der Waals surface area contributed by atoms with Crippen LogP contribution in [0.4, 0.5) is 22.7 Å². The fourth-order valence-corrected chi connectivity index (χ4v) is 12.8. The quantitative estimate of drug-likeness (QED) is 0.143. The SMILES string of the molecule is CCCCc1ccc(N2B3c4cc(CCCC)cc5c4N(c4cc6c(oc7ccccc76)c(c43)-c3c2ccc2c3oc3ccccc32)C2(C)CCCCC52C)c(-c2ccccc2)c1. The molecule has 4 nitrogen and oxygen atoms in total. The molecule has 5 heterocycles. The number of rotatable bonds is 8. The Morgan fingerprint density at radius 1 is 0.587 bits per heavy atom. The summed E-state index contributed by atoms with van der Waals surface area (Å²) in [5.74, 6) is 0. The fourth-order valence-electron chi connectivity index (χ4n) is 12.8. The number of furan rings is 2. The Labute approximate surface area is 370 Å². The van der Waals surface area contributed by atoms with E-state index in [1.807, 2.05) is 0 Å². The van der Waals surface area contributed by atoms with Crippen molar-refractivity contribution in [3.63, 3.8) is 0 Å². The lowest BCUT2D eigenvalue weighted by atomic mass is 9.43. The molecule has 4 aliphatic rings. The predicted molar refractivity (Wildman–Crippen MR) is 266 cm³/mol. The lowest BCUT2D eigenvalue weighted by molar-refractivity contribution is 0.195. The third kappa shape index (κ3) is 5.00. The van der Waals surface area contributed by atoms with E-state index in [2.05, 4.69) is 165 Å². The van der Waals surface area contributed by atoms with Gasteiger partial charge in [-0.2, -0.15) is 0 Å². The van der Waals surface area contributed by atoms with Crippen molar-refractivity contribution < 1.29 is 8.83 Å². The number of fused-ring (bicyclic) bond motifs is 15. The molecular formula is C58H53BN2O2. The third-order valence-electron chi connectivity index (χ3n) is 16.1. The van der Waals surface area contributed by atoms with E-state index in [1.54, 1.807) is 5.56 Å². The minimum atomic E-state index is -0.121. The van der Waals surface area contributed by atoms with Crippen LogP contribution in [0.25, 0.3) is 66.1 Å². The number of unbranched alkanes of at least 4 members (excludes halogenated alkanes) is 2. The normalized spacial score (nSPS) is 19.6. The van der Waals surface area contributed by atoms with E-state index in [-0.39, 0.29) is 17.8 Å². The van der Waals surface area contributed by atoms with Gasteiger partial charge in [0.25, 0.3) is 0 Å². The van der Waals surface area contributed by atoms with Crippen LogP contribution >= 0.6 is 0 Å². The van der Waals surface area contributed by atoms with E-state index in [0.717, 1.165) is 69.0 Å². The molecule has 0 spiro atoms. The first-order valence-electron chi connectivity index (χ1n) is 23.8. The van der Waals surface area contributed by atoms with E-state index in [1.165, 1.54) is 106 Å². The monoisotopic (exact) mass is 820 g/mol. The van der Waals surface area contributed by atoms with Crippen LogP contribution in [0.5, 0.6) is 0 Å². The van der Waals surface area contributed by atoms with Crippen molar-refractivity contribution in [3.05, 3.63) is 144 Å². The molecule has 2 atom stereocenters. The highest BCUT2D eigenvalue weighted by atomic mass is 16.3. The van der Waals surface area contributed by atoms with Gasteiger partial charge in [0, 0.05) is 60.8 Å². The summed E-state index contributed by atoms with van der Waals surface area (Å²) in [4.78, 5) is 5.60. The van der Waals surface area contributed by atoms with Gasteiger partial charge in [-0.15, -0.1) is 0 Å². The summed E-state index contributed by atoms with van der Waals surface area (Å²) in [5.41, 5.74) is 20.7. The number of benzene rings is 7. The van der Waals surface area contributed by atoms with Crippen LogP contribution in [-0.2, 0) is 18.3 Å². The minimum Gasteiger partial charge on any atom is -0.455 e. The molecule has 0 radical (unpaired) electrons. The third-order valence-corrected chi connectivity index (χ3v) is 16.1. The van der Waals surface area contributed by atoms with Gasteiger partial charge in [0.15, 0.2) is 0 Å². The van der Waals surface area contributed by atoms with Crippen LogP contribution in [0.1, 0.15) is 95.8 Å². The second-order valence-corrected chi connectivity index (χ2v) is 19.5. The molecule has 63 heavy (non-hydrogen) atoms. The van der Waals surface area contributed by atoms with Crippen LogP contribution < -0.4 is 20.6 Å². The first-order valence-corrected chi connectivity index (χ1v) is 23.8. The zero-order valence-electron chi connectivity index (χ0n) is 37.0. The highest BCUT2D eigenvalue weighted by Crippen LogP contribution is 2.63. The molecular weight excluding hydrogens is 767 g/mol. The molecule has 0 saturated heterocycles. The summed E-state index contributed by atoms with van der Waals surface area (Å²) < 4.78 is 14.4. The summed E-state index contributed by atoms with van der Waals surface area (Å²) in [5, 5.41) is 4.61. The molecule has 310 valence electrons. The molecule has 0 bridgehead atoms. The maximum absolute atomic E-state index is 7.21. The molecule has 1 saturated carbocycles. The molecule has 1 fully saturated rings. The average molecular weight is 821 g/mol. The molecule has 9 aromatic rings. The number of hydrogen-bond acceptors (Lipinski definition) is 4. The maximum atomic E-state index is 7.21. The van der Waals surface area contributed by atoms with Gasteiger partial charge in [0.1, 0.15) is 22.3 Å². The van der Waals surface area contributed by atoms with E-state index in [0.29, 0.717) is 0 Å². The van der Waals surface area contributed by atoms with Gasteiger partial charge < -0.3 is 18.5 Å². The van der Waals surface area contributed by atoms with E-state index in [9.17, 15) is 0 Å². The largest absolute Gasteiger partial charge is 0.455 e. The Bertz CT molecular complexity index is 3340. The lowest BCUT2D eigenvalue weighted by Crippen LogP contribution is -2.64. The highest BCUT2D eigenvalue weighted by molar-refractivity contribution is 6.94. The van der Waals surface area contributed by atoms with Crippen molar-refractivity contribution in [2.24, 2.45) is 0 Å². The minimum absolute atomic E-state index is 0.00876. The predicted octanol–water partition coefficient (Wildman–Crippen LogP) is 14.8. The average Bonchev–Trinajstić information content (AvgIpc) is 3.95. The molecule has 13 rings (SSSR count). The molecule has 5 heteroatoms. The van der Waals surface area contributed by atoms with Crippen molar-refractivity contribution in [3.8, 4) is 22.3 Å². The number of para-hydroxylation sites is 2. The molecule has 3 aliphatic heterocycles. The number of nitrogens with zero attached hydrogens (tertiary/aromatic N) is 2. The number of anilines is 4. The Hall–Kier alpha value is -6.20. The van der Waals surface area contributed by atoms with Gasteiger partial charge in [-0.1, -0.05) is 131 Å². The summed E-state index contributed by atoms with van der Waals surface area (Å²) in [6, 6.07) is 48.2. The Morgan fingerprint density at radius 3 is 2.02 bits per heavy atom. The van der Waals surface area contributed by atoms with Crippen LogP contribution in [0.15, 0.2) is 136 Å². The van der Waals surface area contributed by atoms with Crippen molar-refractivity contribution in [2.45, 2.75) is 103 Å². The van der Waals surface area contributed by atoms with Crippen LogP contribution in [0, 0.1) is 0 Å². The van der Waals surface area contributed by atoms with Crippen molar-refractivity contribution >= 4 is 84.4 Å². The summed E-state index contributed by atoms with van der Waals surface area (Å²) in [7, 11) is 0. The number of hydrogen-bond donors (Lipinski definition) is 0. The Kier molecular flexibility index (Phi) is 8.10. The molecule has 0 amide bonds.